The molecule has 100 valence electrons. The van der Waals surface area contributed by atoms with Crippen LogP contribution in [-0.4, -0.2) is 22.7 Å². The Morgan fingerprint density at radius 2 is 2.33 bits per heavy atom. The number of halogens is 1. The van der Waals surface area contributed by atoms with Crippen LogP contribution in [0.1, 0.15) is 49.7 Å². The van der Waals surface area contributed by atoms with Crippen molar-refractivity contribution in [2.45, 2.75) is 56.9 Å². The molecule has 1 aromatic heterocycles. The molecule has 0 amide bonds. The molecule has 18 heavy (non-hydrogen) atoms. The number of rotatable bonds is 5. The molecule has 1 unspecified atom stereocenters. The number of aromatic nitrogens is 2. The maximum absolute atomic E-state index is 5.75. The second-order valence-corrected chi connectivity index (χ2v) is 5.40. The summed E-state index contributed by atoms with van der Waals surface area (Å²) in [5, 5.41) is 0.836. The fourth-order valence-corrected chi connectivity index (χ4v) is 2.79. The first-order valence-corrected chi connectivity index (χ1v) is 7.97. The zero-order valence-electron chi connectivity index (χ0n) is 11.0. The standard InChI is InChI=1S/C14H21BrN2O/c1-2-5-13-11(9-15)10-16-14(17-13)8-12-6-3-4-7-18-12/h10,12H,2-9H2,1H3. The summed E-state index contributed by atoms with van der Waals surface area (Å²) in [7, 11) is 0. The Hall–Kier alpha value is -0.480. The van der Waals surface area contributed by atoms with Crippen LogP contribution < -0.4 is 0 Å². The maximum Gasteiger partial charge on any atom is 0.131 e. The fourth-order valence-electron chi connectivity index (χ4n) is 2.32. The molecule has 0 spiro atoms. The minimum absolute atomic E-state index is 0.322. The highest BCUT2D eigenvalue weighted by molar-refractivity contribution is 9.08. The summed E-state index contributed by atoms with van der Waals surface area (Å²) in [5.41, 5.74) is 2.40. The van der Waals surface area contributed by atoms with Crippen LogP contribution in [0.25, 0.3) is 0 Å². The van der Waals surface area contributed by atoms with Crippen molar-refractivity contribution < 1.29 is 4.74 Å². The second-order valence-electron chi connectivity index (χ2n) is 4.83. The molecule has 3 nitrogen and oxygen atoms in total. The van der Waals surface area contributed by atoms with Gasteiger partial charge in [-0.25, -0.2) is 9.97 Å². The van der Waals surface area contributed by atoms with Crippen molar-refractivity contribution in [2.75, 3.05) is 6.61 Å². The maximum atomic E-state index is 5.75. The Morgan fingerprint density at radius 3 is 3.00 bits per heavy atom. The number of hydrogen-bond acceptors (Lipinski definition) is 3. The van der Waals surface area contributed by atoms with Crippen molar-refractivity contribution in [1.82, 2.24) is 9.97 Å². The van der Waals surface area contributed by atoms with E-state index in [0.29, 0.717) is 6.10 Å². The van der Waals surface area contributed by atoms with Crippen molar-refractivity contribution in [2.24, 2.45) is 0 Å². The van der Waals surface area contributed by atoms with Gasteiger partial charge in [0.25, 0.3) is 0 Å². The van der Waals surface area contributed by atoms with Gasteiger partial charge in [-0.05, 0) is 25.7 Å². The number of ether oxygens (including phenoxy) is 1. The van der Waals surface area contributed by atoms with E-state index in [1.807, 2.05) is 6.20 Å². The van der Waals surface area contributed by atoms with Crippen LogP contribution >= 0.6 is 15.9 Å². The Labute approximate surface area is 117 Å². The monoisotopic (exact) mass is 312 g/mol. The van der Waals surface area contributed by atoms with E-state index in [-0.39, 0.29) is 0 Å². The first-order valence-electron chi connectivity index (χ1n) is 6.84. The summed E-state index contributed by atoms with van der Waals surface area (Å²) < 4.78 is 5.75. The smallest absolute Gasteiger partial charge is 0.131 e. The Bertz CT molecular complexity index is 378. The van der Waals surface area contributed by atoms with Gasteiger partial charge in [0.05, 0.1) is 6.10 Å². The number of nitrogens with zero attached hydrogens (tertiary/aromatic N) is 2. The molecule has 2 heterocycles. The van der Waals surface area contributed by atoms with Crippen molar-refractivity contribution >= 4 is 15.9 Å². The molecule has 1 aliphatic rings. The van der Waals surface area contributed by atoms with E-state index < -0.39 is 0 Å². The Morgan fingerprint density at radius 1 is 1.44 bits per heavy atom. The third kappa shape index (κ3) is 3.75. The topological polar surface area (TPSA) is 35.0 Å². The molecule has 1 aliphatic heterocycles. The summed E-state index contributed by atoms with van der Waals surface area (Å²) in [4.78, 5) is 9.17. The van der Waals surface area contributed by atoms with Crippen LogP contribution in [0, 0.1) is 0 Å². The molecule has 0 N–H and O–H groups in total. The molecular weight excluding hydrogens is 292 g/mol. The first-order chi connectivity index (χ1) is 8.83. The molecule has 0 radical (unpaired) electrons. The Balaban J connectivity index is 2.05. The van der Waals surface area contributed by atoms with E-state index in [1.165, 1.54) is 24.1 Å². The third-order valence-electron chi connectivity index (χ3n) is 3.32. The highest BCUT2D eigenvalue weighted by atomic mass is 79.9. The molecule has 1 atom stereocenters. The predicted octanol–water partition coefficient (Wildman–Crippen LogP) is 3.44. The number of alkyl halides is 1. The lowest BCUT2D eigenvalue weighted by molar-refractivity contribution is 0.0156. The summed E-state index contributed by atoms with van der Waals surface area (Å²) in [6.07, 6.45) is 8.91. The molecule has 4 heteroatoms. The lowest BCUT2D eigenvalue weighted by atomic mass is 10.1. The average Bonchev–Trinajstić information content (AvgIpc) is 2.41. The highest BCUT2D eigenvalue weighted by Crippen LogP contribution is 2.17. The molecule has 0 saturated carbocycles. The normalized spacial score (nSPS) is 20.0. The molecule has 2 rings (SSSR count). The number of hydrogen-bond donors (Lipinski definition) is 0. The summed E-state index contributed by atoms with van der Waals surface area (Å²) in [6, 6.07) is 0. The zero-order valence-corrected chi connectivity index (χ0v) is 12.6. The van der Waals surface area contributed by atoms with Gasteiger partial charge in [0.2, 0.25) is 0 Å². The molecule has 1 fully saturated rings. The van der Waals surface area contributed by atoms with Gasteiger partial charge in [-0.3, -0.25) is 0 Å². The van der Waals surface area contributed by atoms with E-state index in [0.717, 1.165) is 43.4 Å². The van der Waals surface area contributed by atoms with Crippen LogP contribution in [-0.2, 0) is 22.9 Å². The summed E-state index contributed by atoms with van der Waals surface area (Å²) >= 11 is 3.50. The molecule has 0 bridgehead atoms. The van der Waals surface area contributed by atoms with Crippen LogP contribution in [0.5, 0.6) is 0 Å². The Kier molecular flexibility index (Phi) is 5.57. The quantitative estimate of drug-likeness (QED) is 0.781. The van der Waals surface area contributed by atoms with Crippen LogP contribution in [0.15, 0.2) is 6.20 Å². The van der Waals surface area contributed by atoms with Crippen LogP contribution in [0.3, 0.4) is 0 Å². The van der Waals surface area contributed by atoms with Gasteiger partial charge in [0.15, 0.2) is 0 Å². The fraction of sp³-hybridized carbons (Fsp3) is 0.714. The SMILES string of the molecule is CCCc1nc(CC2CCCCO2)ncc1CBr. The molecule has 1 saturated heterocycles. The van der Waals surface area contributed by atoms with Gasteiger partial charge in [0, 0.05) is 35.8 Å². The van der Waals surface area contributed by atoms with E-state index >= 15 is 0 Å². The first kappa shape index (κ1) is 13.9. The van der Waals surface area contributed by atoms with Crippen LogP contribution in [0.4, 0.5) is 0 Å². The molecule has 0 aromatic carbocycles. The van der Waals surface area contributed by atoms with Crippen LogP contribution in [0.2, 0.25) is 0 Å². The van der Waals surface area contributed by atoms with E-state index in [4.69, 9.17) is 9.72 Å². The van der Waals surface area contributed by atoms with Gasteiger partial charge in [-0.1, -0.05) is 29.3 Å². The minimum Gasteiger partial charge on any atom is -0.378 e. The highest BCUT2D eigenvalue weighted by Gasteiger charge is 2.16. The van der Waals surface area contributed by atoms with Gasteiger partial charge >= 0.3 is 0 Å². The molecule has 1 aromatic rings. The zero-order chi connectivity index (χ0) is 12.8. The van der Waals surface area contributed by atoms with Gasteiger partial charge < -0.3 is 4.74 Å². The van der Waals surface area contributed by atoms with Crippen molar-refractivity contribution in [3.05, 3.63) is 23.3 Å². The largest absolute Gasteiger partial charge is 0.378 e. The van der Waals surface area contributed by atoms with Crippen molar-refractivity contribution in [3.8, 4) is 0 Å². The minimum atomic E-state index is 0.322. The lowest BCUT2D eigenvalue weighted by Gasteiger charge is -2.22. The van der Waals surface area contributed by atoms with Crippen molar-refractivity contribution in [1.29, 1.82) is 0 Å². The third-order valence-corrected chi connectivity index (χ3v) is 3.92. The van der Waals surface area contributed by atoms with E-state index in [9.17, 15) is 0 Å². The second kappa shape index (κ2) is 7.19. The van der Waals surface area contributed by atoms with Gasteiger partial charge in [0.1, 0.15) is 5.82 Å². The molecular formula is C14H21BrN2O. The van der Waals surface area contributed by atoms with Gasteiger partial charge in [-0.2, -0.15) is 0 Å². The summed E-state index contributed by atoms with van der Waals surface area (Å²) in [6.45, 7) is 3.08. The summed E-state index contributed by atoms with van der Waals surface area (Å²) in [5.74, 6) is 0.940. The van der Waals surface area contributed by atoms with E-state index in [1.54, 1.807) is 0 Å². The van der Waals surface area contributed by atoms with Crippen molar-refractivity contribution in [3.63, 3.8) is 0 Å². The average molecular weight is 313 g/mol. The predicted molar refractivity (Wildman–Crippen MR) is 76.0 cm³/mol. The van der Waals surface area contributed by atoms with Gasteiger partial charge in [-0.15, -0.1) is 0 Å². The van der Waals surface area contributed by atoms with E-state index in [2.05, 4.69) is 27.8 Å². The lowest BCUT2D eigenvalue weighted by Crippen LogP contribution is -2.22. The molecule has 0 aliphatic carbocycles. The number of aryl methyl sites for hydroxylation is 1.